The molecule has 1 amide bonds. The number of piperidine rings is 1. The summed E-state index contributed by atoms with van der Waals surface area (Å²) in [5.74, 6) is 0.939. The van der Waals surface area contributed by atoms with Crippen molar-refractivity contribution >= 4 is 18.3 Å². The predicted molar refractivity (Wildman–Crippen MR) is 107 cm³/mol. The zero-order valence-corrected chi connectivity index (χ0v) is 16.9. The summed E-state index contributed by atoms with van der Waals surface area (Å²) in [7, 11) is 2.01. The molecule has 0 radical (unpaired) electrons. The Morgan fingerprint density at radius 2 is 1.88 bits per heavy atom. The van der Waals surface area contributed by atoms with Crippen LogP contribution in [0.3, 0.4) is 0 Å². The Morgan fingerprint density at radius 3 is 2.48 bits per heavy atom. The molecule has 5 heteroatoms. The zero-order valence-electron chi connectivity index (χ0n) is 16.0. The molecule has 0 aromatic heterocycles. The topological polar surface area (TPSA) is 44.4 Å². The number of rotatable bonds is 7. The molecule has 0 bridgehead atoms. The molecule has 1 fully saturated rings. The first-order valence-corrected chi connectivity index (χ1v) is 9.27. The van der Waals surface area contributed by atoms with E-state index in [1.807, 2.05) is 26.1 Å². The molecule has 1 aromatic rings. The van der Waals surface area contributed by atoms with Gasteiger partial charge in [0.15, 0.2) is 0 Å². The van der Waals surface area contributed by atoms with Crippen LogP contribution in [0.25, 0.3) is 0 Å². The molecule has 1 heterocycles. The lowest BCUT2D eigenvalue weighted by molar-refractivity contribution is -0.127. The second kappa shape index (κ2) is 10.8. The van der Waals surface area contributed by atoms with Gasteiger partial charge in [0.05, 0.1) is 12.1 Å². The average Bonchev–Trinajstić information content (AvgIpc) is 2.60. The molecule has 1 aromatic carbocycles. The van der Waals surface area contributed by atoms with Gasteiger partial charge in [-0.15, -0.1) is 12.4 Å². The number of hydrogen-bond acceptors (Lipinski definition) is 3. The van der Waals surface area contributed by atoms with Gasteiger partial charge in [0.1, 0.15) is 0 Å². The van der Waals surface area contributed by atoms with E-state index in [2.05, 4.69) is 41.5 Å². The minimum atomic E-state index is -0.0540. The van der Waals surface area contributed by atoms with Crippen molar-refractivity contribution in [2.24, 2.45) is 5.92 Å². The Hall–Kier alpha value is -1.10. The molecule has 0 spiro atoms. The number of carbonyl (C=O) groups is 1. The molecule has 25 heavy (non-hydrogen) atoms. The lowest BCUT2D eigenvalue weighted by atomic mass is 9.92. The Labute approximate surface area is 159 Å². The van der Waals surface area contributed by atoms with Crippen molar-refractivity contribution in [2.45, 2.75) is 52.1 Å². The van der Waals surface area contributed by atoms with Crippen molar-refractivity contribution in [3.63, 3.8) is 0 Å². The normalized spacial score (nSPS) is 18.2. The third-order valence-electron chi connectivity index (χ3n) is 5.39. The molecule has 0 aliphatic carbocycles. The fourth-order valence-electron chi connectivity index (χ4n) is 3.63. The number of amides is 1. The van der Waals surface area contributed by atoms with Crippen LogP contribution in [0.5, 0.6) is 0 Å². The Bertz CT molecular complexity index is 529. The lowest BCUT2D eigenvalue weighted by Gasteiger charge is -2.35. The maximum absolute atomic E-state index is 12.6. The minimum Gasteiger partial charge on any atom is -0.348 e. The molecule has 0 saturated carbocycles. The van der Waals surface area contributed by atoms with E-state index in [4.69, 9.17) is 0 Å². The number of halogens is 1. The summed E-state index contributed by atoms with van der Waals surface area (Å²) in [5.41, 5.74) is 2.42. The second-order valence-electron chi connectivity index (χ2n) is 7.13. The highest BCUT2D eigenvalue weighted by Gasteiger charge is 2.27. The zero-order chi connectivity index (χ0) is 17.5. The van der Waals surface area contributed by atoms with Crippen LogP contribution in [0.4, 0.5) is 0 Å². The molecular weight excluding hydrogens is 334 g/mol. The third-order valence-corrected chi connectivity index (χ3v) is 5.39. The number of aryl methyl sites for hydroxylation is 1. The summed E-state index contributed by atoms with van der Waals surface area (Å²) < 4.78 is 0. The van der Waals surface area contributed by atoms with Crippen molar-refractivity contribution in [1.29, 1.82) is 0 Å². The molecule has 2 rings (SSSR count). The van der Waals surface area contributed by atoms with E-state index in [0.29, 0.717) is 0 Å². The summed E-state index contributed by atoms with van der Waals surface area (Å²) >= 11 is 0. The van der Waals surface area contributed by atoms with Crippen LogP contribution in [0, 0.1) is 12.8 Å². The van der Waals surface area contributed by atoms with Gasteiger partial charge in [0.2, 0.25) is 5.91 Å². The molecule has 142 valence electrons. The van der Waals surface area contributed by atoms with Crippen molar-refractivity contribution in [2.75, 3.05) is 26.7 Å². The predicted octanol–water partition coefficient (Wildman–Crippen LogP) is 3.30. The summed E-state index contributed by atoms with van der Waals surface area (Å²) in [4.78, 5) is 15.0. The highest BCUT2D eigenvalue weighted by Crippen LogP contribution is 2.22. The Morgan fingerprint density at radius 1 is 1.24 bits per heavy atom. The number of likely N-dealkylation sites (tertiary alicyclic amines) is 1. The minimum absolute atomic E-state index is 0. The van der Waals surface area contributed by atoms with Crippen molar-refractivity contribution < 1.29 is 4.79 Å². The van der Waals surface area contributed by atoms with Crippen LogP contribution >= 0.6 is 12.4 Å². The number of nitrogens with one attached hydrogen (secondary N) is 2. The largest absolute Gasteiger partial charge is 0.348 e. The van der Waals surface area contributed by atoms with E-state index in [0.717, 1.165) is 25.6 Å². The van der Waals surface area contributed by atoms with Gasteiger partial charge >= 0.3 is 0 Å². The van der Waals surface area contributed by atoms with Crippen LogP contribution in [0.15, 0.2) is 24.3 Å². The first-order valence-electron chi connectivity index (χ1n) is 9.27. The summed E-state index contributed by atoms with van der Waals surface area (Å²) in [6.45, 7) is 9.35. The number of nitrogens with zero attached hydrogens (tertiary/aromatic N) is 1. The van der Waals surface area contributed by atoms with E-state index in [1.54, 1.807) is 0 Å². The molecular formula is C20H34ClN3O. The molecule has 2 atom stereocenters. The summed E-state index contributed by atoms with van der Waals surface area (Å²) in [6, 6.07) is 8.25. The van der Waals surface area contributed by atoms with Gasteiger partial charge < -0.3 is 10.6 Å². The average molecular weight is 368 g/mol. The van der Waals surface area contributed by atoms with Gasteiger partial charge in [0, 0.05) is 0 Å². The van der Waals surface area contributed by atoms with Crippen LogP contribution < -0.4 is 10.6 Å². The van der Waals surface area contributed by atoms with Gasteiger partial charge in [-0.1, -0.05) is 24.3 Å². The first kappa shape index (κ1) is 21.9. The molecule has 2 N–H and O–H groups in total. The standard InChI is InChI=1S/C20H33N3O.ClH/c1-15-7-5-6-8-19(15)16(2)22-20(24)17(3)23-13-10-18(11-14-23)9-12-21-4;/h5-8,16-18,21H,9-14H2,1-4H3,(H,22,24);1H. The van der Waals surface area contributed by atoms with Crippen molar-refractivity contribution in [1.82, 2.24) is 15.5 Å². The van der Waals surface area contributed by atoms with E-state index in [-0.39, 0.29) is 30.4 Å². The van der Waals surface area contributed by atoms with Gasteiger partial charge in [-0.25, -0.2) is 0 Å². The Kier molecular flexibility index (Phi) is 9.47. The smallest absolute Gasteiger partial charge is 0.237 e. The fraction of sp³-hybridized carbons (Fsp3) is 0.650. The number of benzene rings is 1. The molecule has 1 aliphatic rings. The monoisotopic (exact) mass is 367 g/mol. The SMILES string of the molecule is CNCCC1CCN(C(C)C(=O)NC(C)c2ccccc2C)CC1.Cl. The molecule has 2 unspecified atom stereocenters. The van der Waals surface area contributed by atoms with Gasteiger partial charge in [-0.2, -0.15) is 0 Å². The maximum atomic E-state index is 12.6. The third kappa shape index (κ3) is 6.28. The van der Waals surface area contributed by atoms with Gasteiger partial charge in [-0.3, -0.25) is 9.69 Å². The van der Waals surface area contributed by atoms with Crippen molar-refractivity contribution in [3.05, 3.63) is 35.4 Å². The summed E-state index contributed by atoms with van der Waals surface area (Å²) in [5, 5.41) is 6.42. The highest BCUT2D eigenvalue weighted by atomic mass is 35.5. The highest BCUT2D eigenvalue weighted by molar-refractivity contribution is 5.85. The number of carbonyl (C=O) groups excluding carboxylic acids is 1. The molecule has 1 saturated heterocycles. The second-order valence-corrected chi connectivity index (χ2v) is 7.13. The van der Waals surface area contributed by atoms with E-state index >= 15 is 0 Å². The lowest BCUT2D eigenvalue weighted by Crippen LogP contribution is -2.48. The number of hydrogen-bond donors (Lipinski definition) is 2. The van der Waals surface area contributed by atoms with Crippen LogP contribution in [-0.4, -0.2) is 43.5 Å². The quantitative estimate of drug-likeness (QED) is 0.777. The molecule has 4 nitrogen and oxygen atoms in total. The molecule has 1 aliphatic heterocycles. The summed E-state index contributed by atoms with van der Waals surface area (Å²) in [6.07, 6.45) is 3.65. The van der Waals surface area contributed by atoms with Gasteiger partial charge in [0.25, 0.3) is 0 Å². The van der Waals surface area contributed by atoms with Crippen molar-refractivity contribution in [3.8, 4) is 0 Å². The Balaban J connectivity index is 0.00000312. The van der Waals surface area contributed by atoms with E-state index in [9.17, 15) is 4.79 Å². The maximum Gasteiger partial charge on any atom is 0.237 e. The van der Waals surface area contributed by atoms with E-state index < -0.39 is 0 Å². The fourth-order valence-corrected chi connectivity index (χ4v) is 3.63. The first-order chi connectivity index (χ1) is 11.5. The van der Waals surface area contributed by atoms with Gasteiger partial charge in [-0.05, 0) is 83.8 Å². The van der Waals surface area contributed by atoms with Crippen LogP contribution in [-0.2, 0) is 4.79 Å². The van der Waals surface area contributed by atoms with Crippen LogP contribution in [0.2, 0.25) is 0 Å². The van der Waals surface area contributed by atoms with E-state index in [1.165, 1.54) is 30.4 Å². The van der Waals surface area contributed by atoms with Crippen LogP contribution in [0.1, 0.15) is 50.3 Å².